The summed E-state index contributed by atoms with van der Waals surface area (Å²) in [6, 6.07) is 18.2. The van der Waals surface area contributed by atoms with Gasteiger partial charge in [0.2, 0.25) is 0 Å². The molecule has 0 amide bonds. The summed E-state index contributed by atoms with van der Waals surface area (Å²) in [6.07, 6.45) is 8.84. The Hall–Kier alpha value is -2.08. The highest BCUT2D eigenvalue weighted by Gasteiger charge is 2.12. The Balaban J connectivity index is 1.58. The van der Waals surface area contributed by atoms with Crippen molar-refractivity contribution in [3.8, 4) is 0 Å². The van der Waals surface area contributed by atoms with Gasteiger partial charge >= 0.3 is 0 Å². The summed E-state index contributed by atoms with van der Waals surface area (Å²) < 4.78 is 2.04. The van der Waals surface area contributed by atoms with E-state index in [2.05, 4.69) is 24.0 Å². The first-order chi connectivity index (χ1) is 16.6. The number of benzene rings is 2. The molecule has 0 fully saturated rings. The van der Waals surface area contributed by atoms with Gasteiger partial charge in [-0.3, -0.25) is 4.79 Å². The largest absolute Gasteiger partial charge is 0.396 e. The molecule has 34 heavy (non-hydrogen) atoms. The van der Waals surface area contributed by atoms with Crippen molar-refractivity contribution in [3.05, 3.63) is 92.9 Å². The van der Waals surface area contributed by atoms with Crippen molar-refractivity contribution in [1.29, 1.82) is 0 Å². The Bertz CT molecular complexity index is 1050. The highest BCUT2D eigenvalue weighted by atomic mass is 35.5. The van der Waals surface area contributed by atoms with Gasteiger partial charge in [-0.15, -0.1) is 0 Å². The van der Waals surface area contributed by atoms with Crippen LogP contribution in [0.1, 0.15) is 68.1 Å². The molecule has 1 N–H and O–H groups in total. The van der Waals surface area contributed by atoms with Crippen LogP contribution < -0.4 is 5.56 Å². The number of unbranched alkanes of at least 4 members (excludes halogenated alkanes) is 1. The molecule has 6 heteroatoms. The number of aryl methyl sites for hydroxylation is 1. The molecule has 3 aromatic rings. The van der Waals surface area contributed by atoms with Crippen LogP contribution in [0.25, 0.3) is 0 Å². The summed E-state index contributed by atoms with van der Waals surface area (Å²) in [5.74, 6) is 1.48. The average molecular weight is 499 g/mol. The van der Waals surface area contributed by atoms with Crippen LogP contribution in [0.4, 0.5) is 0 Å². The number of aliphatic hydroxyl groups is 1. The van der Waals surface area contributed by atoms with Crippen LogP contribution in [0.2, 0.25) is 5.02 Å². The smallest absolute Gasteiger partial charge is 0.277 e. The van der Waals surface area contributed by atoms with E-state index in [1.165, 1.54) is 18.4 Å². The maximum Gasteiger partial charge on any atom is 0.277 e. The van der Waals surface area contributed by atoms with Crippen molar-refractivity contribution in [2.24, 2.45) is 0 Å². The minimum Gasteiger partial charge on any atom is -0.396 e. The molecule has 0 bridgehead atoms. The fourth-order valence-corrected chi connectivity index (χ4v) is 5.31. The van der Waals surface area contributed by atoms with Gasteiger partial charge < -0.3 is 9.67 Å². The van der Waals surface area contributed by atoms with Crippen molar-refractivity contribution in [2.45, 2.75) is 69.5 Å². The Morgan fingerprint density at radius 1 is 1.03 bits per heavy atom. The SMILES string of the molecule is CCCC(CCCCSc1nc(=O)c(Cc2ccccc2)cn1CCCO)c1ccc(Cl)cc1. The quantitative estimate of drug-likeness (QED) is 0.152. The van der Waals surface area contributed by atoms with E-state index in [1.54, 1.807) is 11.8 Å². The topological polar surface area (TPSA) is 55.1 Å². The van der Waals surface area contributed by atoms with Gasteiger partial charge in [-0.25, -0.2) is 0 Å². The summed E-state index contributed by atoms with van der Waals surface area (Å²) in [5.41, 5.74) is 3.00. The normalized spacial score (nSPS) is 12.1. The van der Waals surface area contributed by atoms with E-state index in [0.29, 0.717) is 30.9 Å². The third kappa shape index (κ3) is 8.30. The summed E-state index contributed by atoms with van der Waals surface area (Å²) in [5, 5.41) is 10.8. The molecule has 0 aliphatic heterocycles. The van der Waals surface area contributed by atoms with Crippen LogP contribution in [-0.2, 0) is 13.0 Å². The van der Waals surface area contributed by atoms with E-state index in [4.69, 9.17) is 11.6 Å². The number of halogens is 1. The number of aliphatic hydroxyl groups excluding tert-OH is 1. The van der Waals surface area contributed by atoms with Crippen LogP contribution in [-0.4, -0.2) is 27.0 Å². The van der Waals surface area contributed by atoms with Gasteiger partial charge in [-0.2, -0.15) is 4.98 Å². The maximum atomic E-state index is 12.7. The predicted molar refractivity (Wildman–Crippen MR) is 143 cm³/mol. The molecule has 1 aromatic heterocycles. The van der Waals surface area contributed by atoms with Gasteiger partial charge in [0.1, 0.15) is 0 Å². The lowest BCUT2D eigenvalue weighted by atomic mass is 9.90. The Morgan fingerprint density at radius 2 is 1.79 bits per heavy atom. The zero-order valence-corrected chi connectivity index (χ0v) is 21.5. The van der Waals surface area contributed by atoms with Gasteiger partial charge in [-0.1, -0.05) is 85.6 Å². The second-order valence-electron chi connectivity index (χ2n) is 8.67. The molecule has 0 saturated heterocycles. The summed E-state index contributed by atoms with van der Waals surface area (Å²) >= 11 is 7.70. The standard InChI is InChI=1S/C28H35ClN2O2S/c1-2-9-23(24-13-15-26(29)16-14-24)12-6-7-19-34-28-30-27(33)25(21-31(28)17-8-18-32)20-22-10-4-3-5-11-22/h3-5,10-11,13-16,21,23,32H,2,6-9,12,17-20H2,1H3. The molecule has 4 nitrogen and oxygen atoms in total. The summed E-state index contributed by atoms with van der Waals surface area (Å²) in [4.78, 5) is 17.1. The number of hydrogen-bond donors (Lipinski definition) is 1. The molecular weight excluding hydrogens is 464 g/mol. The predicted octanol–water partition coefficient (Wildman–Crippen LogP) is 6.72. The van der Waals surface area contributed by atoms with E-state index < -0.39 is 0 Å². The van der Waals surface area contributed by atoms with Crippen molar-refractivity contribution < 1.29 is 5.11 Å². The van der Waals surface area contributed by atoms with Gasteiger partial charge in [0, 0.05) is 42.1 Å². The van der Waals surface area contributed by atoms with Crippen LogP contribution >= 0.6 is 23.4 Å². The molecule has 1 heterocycles. The van der Waals surface area contributed by atoms with Gasteiger partial charge in [0.25, 0.3) is 5.56 Å². The Kier molecular flexibility index (Phi) is 11.2. The Morgan fingerprint density at radius 3 is 2.50 bits per heavy atom. The van der Waals surface area contributed by atoms with E-state index >= 15 is 0 Å². The summed E-state index contributed by atoms with van der Waals surface area (Å²) in [6.45, 7) is 3.01. The zero-order chi connectivity index (χ0) is 24.2. The molecule has 182 valence electrons. The van der Waals surface area contributed by atoms with Crippen LogP contribution in [0, 0.1) is 0 Å². The number of nitrogens with zero attached hydrogens (tertiary/aromatic N) is 2. The fourth-order valence-electron chi connectivity index (χ4n) is 4.19. The first kappa shape index (κ1) is 26.5. The molecule has 0 radical (unpaired) electrons. The third-order valence-electron chi connectivity index (χ3n) is 5.98. The van der Waals surface area contributed by atoms with Gasteiger partial charge in [-0.05, 0) is 54.9 Å². The lowest BCUT2D eigenvalue weighted by Gasteiger charge is -2.17. The minimum absolute atomic E-state index is 0.119. The third-order valence-corrected chi connectivity index (χ3v) is 7.31. The molecule has 0 saturated carbocycles. The van der Waals surface area contributed by atoms with Crippen molar-refractivity contribution >= 4 is 23.4 Å². The van der Waals surface area contributed by atoms with Gasteiger partial charge in [0.15, 0.2) is 5.16 Å². The van der Waals surface area contributed by atoms with Gasteiger partial charge in [0.05, 0.1) is 0 Å². The molecule has 3 rings (SSSR count). The van der Waals surface area contributed by atoms with E-state index in [0.717, 1.165) is 40.8 Å². The molecule has 0 aliphatic carbocycles. The van der Waals surface area contributed by atoms with E-state index in [1.807, 2.05) is 53.2 Å². The molecular formula is C28H35ClN2O2S. The van der Waals surface area contributed by atoms with Crippen LogP contribution in [0.3, 0.4) is 0 Å². The first-order valence-corrected chi connectivity index (χ1v) is 13.6. The first-order valence-electron chi connectivity index (χ1n) is 12.2. The number of thioether (sulfide) groups is 1. The molecule has 1 unspecified atom stereocenters. The highest BCUT2D eigenvalue weighted by Crippen LogP contribution is 2.29. The lowest BCUT2D eigenvalue weighted by Crippen LogP contribution is -2.20. The second kappa shape index (κ2) is 14.3. The molecule has 1 atom stereocenters. The van der Waals surface area contributed by atoms with Crippen LogP contribution in [0.15, 0.2) is 70.7 Å². The number of aromatic nitrogens is 2. The Labute approximate surface area is 212 Å². The number of rotatable bonds is 14. The zero-order valence-electron chi connectivity index (χ0n) is 20.0. The van der Waals surface area contributed by atoms with Crippen molar-refractivity contribution in [2.75, 3.05) is 12.4 Å². The summed E-state index contributed by atoms with van der Waals surface area (Å²) in [7, 11) is 0. The van der Waals surface area contributed by atoms with E-state index in [-0.39, 0.29) is 12.2 Å². The highest BCUT2D eigenvalue weighted by molar-refractivity contribution is 7.99. The van der Waals surface area contributed by atoms with Crippen molar-refractivity contribution in [3.63, 3.8) is 0 Å². The fraction of sp³-hybridized carbons (Fsp3) is 0.429. The molecule has 0 spiro atoms. The number of hydrogen-bond acceptors (Lipinski definition) is 4. The van der Waals surface area contributed by atoms with Crippen molar-refractivity contribution in [1.82, 2.24) is 9.55 Å². The molecule has 0 aliphatic rings. The maximum absolute atomic E-state index is 12.7. The monoisotopic (exact) mass is 498 g/mol. The lowest BCUT2D eigenvalue weighted by molar-refractivity contribution is 0.277. The molecule has 2 aromatic carbocycles. The van der Waals surface area contributed by atoms with Crippen LogP contribution in [0.5, 0.6) is 0 Å². The van der Waals surface area contributed by atoms with E-state index in [9.17, 15) is 9.90 Å². The minimum atomic E-state index is -0.155. The average Bonchev–Trinajstić information content (AvgIpc) is 2.85. The second-order valence-corrected chi connectivity index (χ2v) is 10.2.